The number of nitrogens with one attached hydrogen (secondary N) is 2. The van der Waals surface area contributed by atoms with Crippen LogP contribution in [0, 0.1) is 0 Å². The van der Waals surface area contributed by atoms with Crippen molar-refractivity contribution >= 4 is 5.91 Å². The van der Waals surface area contributed by atoms with E-state index >= 15 is 0 Å². The summed E-state index contributed by atoms with van der Waals surface area (Å²) in [7, 11) is 0. The van der Waals surface area contributed by atoms with Crippen LogP contribution in [0.25, 0.3) is 0 Å². The number of hydrogen-bond acceptors (Lipinski definition) is 2. The molecule has 1 aromatic carbocycles. The molecule has 1 atom stereocenters. The van der Waals surface area contributed by atoms with Crippen LogP contribution in [0.3, 0.4) is 0 Å². The Kier molecular flexibility index (Phi) is 5.40. The number of carbonyl (C=O) groups excluding carboxylic acids is 1. The van der Waals surface area contributed by atoms with E-state index in [1.807, 2.05) is 6.07 Å². The van der Waals surface area contributed by atoms with Crippen LogP contribution in [-0.2, 0) is 11.2 Å². The second-order valence-electron chi connectivity index (χ2n) is 5.47. The Labute approximate surface area is 115 Å². The summed E-state index contributed by atoms with van der Waals surface area (Å²) in [5, 5.41) is 6.42. The second-order valence-corrected chi connectivity index (χ2v) is 5.47. The molecular weight excluding hydrogens is 236 g/mol. The van der Waals surface area contributed by atoms with Crippen molar-refractivity contribution in [2.75, 3.05) is 6.54 Å². The minimum atomic E-state index is 0.161. The molecule has 3 nitrogen and oxygen atoms in total. The largest absolute Gasteiger partial charge is 0.354 e. The van der Waals surface area contributed by atoms with Crippen molar-refractivity contribution in [3.63, 3.8) is 0 Å². The zero-order chi connectivity index (χ0) is 13.5. The smallest absolute Gasteiger partial charge is 0.221 e. The van der Waals surface area contributed by atoms with Gasteiger partial charge in [0.1, 0.15) is 0 Å². The van der Waals surface area contributed by atoms with E-state index in [-0.39, 0.29) is 11.9 Å². The molecule has 0 heterocycles. The van der Waals surface area contributed by atoms with Gasteiger partial charge in [0.2, 0.25) is 5.91 Å². The Balaban J connectivity index is 1.57. The van der Waals surface area contributed by atoms with Gasteiger partial charge in [-0.1, -0.05) is 30.3 Å². The summed E-state index contributed by atoms with van der Waals surface area (Å²) in [6.45, 7) is 2.89. The molecule has 1 aromatic rings. The fraction of sp³-hybridized carbons (Fsp3) is 0.562. The first-order valence-corrected chi connectivity index (χ1v) is 7.30. The molecular formula is C16H24N2O. The topological polar surface area (TPSA) is 41.1 Å². The van der Waals surface area contributed by atoms with Crippen molar-refractivity contribution in [2.45, 2.75) is 51.1 Å². The van der Waals surface area contributed by atoms with Gasteiger partial charge in [0.15, 0.2) is 0 Å². The van der Waals surface area contributed by atoms with E-state index < -0.39 is 0 Å². The average molecular weight is 260 g/mol. The standard InChI is InChI=1S/C16H24N2O/c1-13(7-8-14-5-3-2-4-6-14)18-16(19)11-12-17-15-9-10-15/h2-6,13,15,17H,7-12H2,1H3,(H,18,19). The van der Waals surface area contributed by atoms with Gasteiger partial charge in [0.05, 0.1) is 0 Å². The van der Waals surface area contributed by atoms with Crippen molar-refractivity contribution in [3.8, 4) is 0 Å². The third-order valence-corrected chi connectivity index (χ3v) is 3.48. The van der Waals surface area contributed by atoms with Crippen molar-refractivity contribution in [3.05, 3.63) is 35.9 Å². The number of carbonyl (C=O) groups is 1. The summed E-state index contributed by atoms with van der Waals surface area (Å²) in [5.41, 5.74) is 1.33. The summed E-state index contributed by atoms with van der Waals surface area (Å²) in [6, 6.07) is 11.3. The van der Waals surface area contributed by atoms with Crippen molar-refractivity contribution in [1.82, 2.24) is 10.6 Å². The lowest BCUT2D eigenvalue weighted by molar-refractivity contribution is -0.121. The van der Waals surface area contributed by atoms with Gasteiger partial charge in [-0.05, 0) is 38.2 Å². The van der Waals surface area contributed by atoms with Crippen LogP contribution in [0.1, 0.15) is 38.2 Å². The molecule has 1 aliphatic rings. The van der Waals surface area contributed by atoms with Crippen LogP contribution >= 0.6 is 0 Å². The average Bonchev–Trinajstić information content (AvgIpc) is 3.22. The van der Waals surface area contributed by atoms with Gasteiger partial charge in [0.25, 0.3) is 0 Å². The fourth-order valence-electron chi connectivity index (χ4n) is 2.12. The quantitative estimate of drug-likeness (QED) is 0.753. The molecule has 1 amide bonds. The van der Waals surface area contributed by atoms with Crippen molar-refractivity contribution < 1.29 is 4.79 Å². The Morgan fingerprint density at radius 3 is 2.74 bits per heavy atom. The van der Waals surface area contributed by atoms with E-state index in [1.165, 1.54) is 18.4 Å². The molecule has 1 fully saturated rings. The van der Waals surface area contributed by atoms with E-state index in [2.05, 4.69) is 41.8 Å². The van der Waals surface area contributed by atoms with Gasteiger partial charge in [-0.25, -0.2) is 0 Å². The van der Waals surface area contributed by atoms with E-state index in [4.69, 9.17) is 0 Å². The minimum Gasteiger partial charge on any atom is -0.354 e. The number of rotatable bonds is 8. The highest BCUT2D eigenvalue weighted by Gasteiger charge is 2.20. The molecule has 104 valence electrons. The van der Waals surface area contributed by atoms with Crippen LogP contribution < -0.4 is 10.6 Å². The van der Waals surface area contributed by atoms with Crippen molar-refractivity contribution in [1.29, 1.82) is 0 Å². The Hall–Kier alpha value is -1.35. The maximum Gasteiger partial charge on any atom is 0.221 e. The minimum absolute atomic E-state index is 0.161. The molecule has 1 unspecified atom stereocenters. The number of benzene rings is 1. The first-order chi connectivity index (χ1) is 9.24. The molecule has 1 aliphatic carbocycles. The normalized spacial score (nSPS) is 16.1. The zero-order valence-electron chi connectivity index (χ0n) is 11.7. The van der Waals surface area contributed by atoms with Gasteiger partial charge in [0, 0.05) is 25.0 Å². The maximum absolute atomic E-state index is 11.7. The van der Waals surface area contributed by atoms with E-state index in [0.717, 1.165) is 19.4 Å². The summed E-state index contributed by atoms with van der Waals surface area (Å²) >= 11 is 0. The monoisotopic (exact) mass is 260 g/mol. The van der Waals surface area contributed by atoms with Crippen molar-refractivity contribution in [2.24, 2.45) is 0 Å². The van der Waals surface area contributed by atoms with Gasteiger partial charge >= 0.3 is 0 Å². The maximum atomic E-state index is 11.7. The van der Waals surface area contributed by atoms with Crippen LogP contribution in [0.4, 0.5) is 0 Å². The highest BCUT2D eigenvalue weighted by molar-refractivity contribution is 5.76. The van der Waals surface area contributed by atoms with Gasteiger partial charge in [-0.2, -0.15) is 0 Å². The van der Waals surface area contributed by atoms with Crippen LogP contribution in [0.15, 0.2) is 30.3 Å². The van der Waals surface area contributed by atoms with Gasteiger partial charge in [-0.15, -0.1) is 0 Å². The summed E-state index contributed by atoms with van der Waals surface area (Å²) in [4.78, 5) is 11.7. The molecule has 2 rings (SSSR count). The molecule has 2 N–H and O–H groups in total. The Morgan fingerprint density at radius 1 is 1.32 bits per heavy atom. The van der Waals surface area contributed by atoms with Crippen LogP contribution in [0.2, 0.25) is 0 Å². The first kappa shape index (κ1) is 14.1. The number of hydrogen-bond donors (Lipinski definition) is 2. The molecule has 0 spiro atoms. The summed E-state index contributed by atoms with van der Waals surface area (Å²) in [6.07, 6.45) is 5.14. The van der Waals surface area contributed by atoms with E-state index in [1.54, 1.807) is 0 Å². The van der Waals surface area contributed by atoms with Gasteiger partial charge in [-0.3, -0.25) is 4.79 Å². The van der Waals surface area contributed by atoms with E-state index in [9.17, 15) is 4.79 Å². The predicted molar refractivity (Wildman–Crippen MR) is 78.0 cm³/mol. The highest BCUT2D eigenvalue weighted by Crippen LogP contribution is 2.18. The molecule has 0 radical (unpaired) electrons. The molecule has 0 bridgehead atoms. The lowest BCUT2D eigenvalue weighted by Gasteiger charge is -2.14. The summed E-state index contributed by atoms with van der Waals surface area (Å²) in [5.74, 6) is 0.161. The molecule has 0 aliphatic heterocycles. The Morgan fingerprint density at radius 2 is 2.05 bits per heavy atom. The lowest BCUT2D eigenvalue weighted by Crippen LogP contribution is -2.35. The van der Waals surface area contributed by atoms with Gasteiger partial charge < -0.3 is 10.6 Å². The highest BCUT2D eigenvalue weighted by atomic mass is 16.1. The molecule has 19 heavy (non-hydrogen) atoms. The predicted octanol–water partition coefficient (Wildman–Crippen LogP) is 2.27. The molecule has 0 saturated heterocycles. The van der Waals surface area contributed by atoms with E-state index in [0.29, 0.717) is 12.5 Å². The second kappa shape index (κ2) is 7.29. The van der Waals surface area contributed by atoms with Crippen LogP contribution in [0.5, 0.6) is 0 Å². The molecule has 1 saturated carbocycles. The lowest BCUT2D eigenvalue weighted by atomic mass is 10.1. The SMILES string of the molecule is CC(CCc1ccccc1)NC(=O)CCNC1CC1. The molecule has 3 heteroatoms. The number of aryl methyl sites for hydroxylation is 1. The number of amides is 1. The summed E-state index contributed by atoms with van der Waals surface area (Å²) < 4.78 is 0. The van der Waals surface area contributed by atoms with Crippen LogP contribution in [-0.4, -0.2) is 24.5 Å². The molecule has 0 aromatic heterocycles. The zero-order valence-corrected chi connectivity index (χ0v) is 11.7. The first-order valence-electron chi connectivity index (χ1n) is 7.30. The fourth-order valence-corrected chi connectivity index (χ4v) is 2.12. The third-order valence-electron chi connectivity index (χ3n) is 3.48. The third kappa shape index (κ3) is 5.88. The Bertz CT molecular complexity index is 387.